The summed E-state index contributed by atoms with van der Waals surface area (Å²) in [6.07, 6.45) is 1.38. The molecule has 0 amide bonds. The van der Waals surface area contributed by atoms with E-state index in [9.17, 15) is 4.79 Å². The molecule has 0 aliphatic rings. The second-order valence-electron chi connectivity index (χ2n) is 2.24. The van der Waals surface area contributed by atoms with Crippen LogP contribution in [0.25, 0.3) is 5.73 Å². The predicted molar refractivity (Wildman–Crippen MR) is 46.5 cm³/mol. The van der Waals surface area contributed by atoms with E-state index in [0.717, 1.165) is 0 Å². The maximum absolute atomic E-state index is 10.8. The van der Waals surface area contributed by atoms with E-state index < -0.39 is 0 Å². The Morgan fingerprint density at radius 3 is 2.46 bits per heavy atom. The minimum atomic E-state index is -0.171. The normalized spacial score (nSPS) is 8.15. The molecule has 1 heterocycles. The number of aryl methyl sites for hydroxylation is 1. The molecule has 1 aromatic heterocycles. The number of nitrogens with zero attached hydrogens (tertiary/aromatic N) is 2. The monoisotopic (exact) mass is 250 g/mol. The van der Waals surface area contributed by atoms with Gasteiger partial charge in [0, 0.05) is 58.7 Å². The number of aromatic nitrogens is 2. The summed E-state index contributed by atoms with van der Waals surface area (Å²) in [5.74, 6) is 0.347. The summed E-state index contributed by atoms with van der Waals surface area (Å²) in [5, 5.41) is 0. The Balaban J connectivity index is 0. The molecule has 1 N–H and O–H groups in total. The van der Waals surface area contributed by atoms with Crippen molar-refractivity contribution in [2.75, 3.05) is 0 Å². The molecule has 1 rings (SSSR count). The van der Waals surface area contributed by atoms with Gasteiger partial charge in [-0.05, 0) is 13.8 Å². The number of carbonyl (C=O) groups is 1. The summed E-state index contributed by atoms with van der Waals surface area (Å²) in [7, 11) is 0. The molecule has 0 saturated carbocycles. The molecule has 13 heavy (non-hydrogen) atoms. The van der Waals surface area contributed by atoms with Crippen LogP contribution in [-0.2, 0) is 32.7 Å². The molecular formula is C7H8BN3OY-. The van der Waals surface area contributed by atoms with Crippen molar-refractivity contribution in [3.05, 3.63) is 23.3 Å². The van der Waals surface area contributed by atoms with Crippen molar-refractivity contribution in [3.8, 4) is 0 Å². The Morgan fingerprint density at radius 1 is 1.54 bits per heavy atom. The van der Waals surface area contributed by atoms with Crippen LogP contribution >= 0.6 is 0 Å². The van der Waals surface area contributed by atoms with Crippen LogP contribution in [0.1, 0.15) is 23.1 Å². The first-order chi connectivity index (χ1) is 5.11. The van der Waals surface area contributed by atoms with Gasteiger partial charge in [-0.2, -0.15) is 0 Å². The van der Waals surface area contributed by atoms with E-state index in [1.54, 1.807) is 6.92 Å². The van der Waals surface area contributed by atoms with Gasteiger partial charge < -0.3 is 10.7 Å². The van der Waals surface area contributed by atoms with E-state index in [1.807, 2.05) is 0 Å². The molecule has 4 nitrogen and oxygen atoms in total. The molecule has 0 bridgehead atoms. The molecule has 0 unspecified atom stereocenters. The minimum Gasteiger partial charge on any atom is -0.481 e. The Kier molecular flexibility index (Phi) is 7.27. The quantitative estimate of drug-likeness (QED) is 0.557. The second-order valence-corrected chi connectivity index (χ2v) is 2.24. The van der Waals surface area contributed by atoms with Crippen molar-refractivity contribution < 1.29 is 37.5 Å². The zero-order valence-electron chi connectivity index (χ0n) is 7.53. The molecule has 0 saturated heterocycles. The molecular weight excluding hydrogens is 242 g/mol. The van der Waals surface area contributed by atoms with Crippen LogP contribution in [0.4, 0.5) is 5.82 Å². The fraction of sp³-hybridized carbons (Fsp3) is 0.286. The smallest absolute Gasteiger partial charge is 0.161 e. The number of hydrogen-bond donors (Lipinski definition) is 0. The fourth-order valence-electron chi connectivity index (χ4n) is 0.728. The Morgan fingerprint density at radius 2 is 2.08 bits per heavy atom. The Hall–Kier alpha value is -0.281. The summed E-state index contributed by atoms with van der Waals surface area (Å²) < 4.78 is 0. The first-order valence-corrected chi connectivity index (χ1v) is 3.17. The zero-order chi connectivity index (χ0) is 8.43. The molecule has 6 heteroatoms. The van der Waals surface area contributed by atoms with Crippen molar-refractivity contribution in [1.82, 2.24) is 9.97 Å². The van der Waals surface area contributed by atoms with Gasteiger partial charge >= 0.3 is 0 Å². The van der Waals surface area contributed by atoms with Gasteiger partial charge in [0.2, 0.25) is 0 Å². The summed E-state index contributed by atoms with van der Waals surface area (Å²) in [6, 6.07) is 0. The molecule has 0 aliphatic heterocycles. The van der Waals surface area contributed by atoms with E-state index in [1.165, 1.54) is 13.1 Å². The molecule has 4 radical (unpaired) electrons. The number of Topliss-reactive ketones (excluding diaryl/α,β-unsaturated/α-hetero) is 1. The maximum atomic E-state index is 10.8. The van der Waals surface area contributed by atoms with E-state index in [2.05, 4.69) is 9.97 Å². The van der Waals surface area contributed by atoms with E-state index in [0.29, 0.717) is 5.82 Å². The number of rotatable bonds is 1. The van der Waals surface area contributed by atoms with Crippen LogP contribution in [0.3, 0.4) is 0 Å². The van der Waals surface area contributed by atoms with Gasteiger partial charge in [0.1, 0.15) is 0 Å². The van der Waals surface area contributed by atoms with Gasteiger partial charge in [-0.1, -0.05) is 5.82 Å². The van der Waals surface area contributed by atoms with Gasteiger partial charge in [0.15, 0.2) is 5.78 Å². The molecule has 0 aromatic carbocycles. The van der Waals surface area contributed by atoms with Gasteiger partial charge in [0.25, 0.3) is 0 Å². The summed E-state index contributed by atoms with van der Waals surface area (Å²) in [4.78, 5) is 18.3. The van der Waals surface area contributed by atoms with Crippen LogP contribution in [0.15, 0.2) is 6.20 Å². The Labute approximate surface area is 104 Å². The summed E-state index contributed by atoms with van der Waals surface area (Å²) in [6.45, 7) is 3.08. The fourth-order valence-corrected chi connectivity index (χ4v) is 0.728. The average Bonchev–Trinajstić information content (AvgIpc) is 1.85. The molecule has 0 atom stereocenters. The van der Waals surface area contributed by atoms with Crippen LogP contribution in [0.2, 0.25) is 0 Å². The SMILES string of the molecule is CC(=O)c1cnc(C)nc1[NH-].[B].[Y]. The standard InChI is InChI=1S/C7H9N3O.B.Y/c1-4(11)6-3-9-5(2)10-7(6)8;;/h3H,1-2H3,(H2,8,9,10,11);;/p-1. The minimum absolute atomic E-state index is 0. The number of nitrogens with one attached hydrogen (secondary N) is 1. The van der Waals surface area contributed by atoms with Gasteiger partial charge in [0.05, 0.1) is 0 Å². The number of ketones is 1. The molecule has 64 valence electrons. The number of carbonyl (C=O) groups excluding carboxylic acids is 1. The maximum Gasteiger partial charge on any atom is 0.161 e. The van der Waals surface area contributed by atoms with Crippen LogP contribution in [-0.4, -0.2) is 24.2 Å². The third-order valence-corrected chi connectivity index (χ3v) is 1.29. The van der Waals surface area contributed by atoms with Gasteiger partial charge in [-0.3, -0.25) is 9.78 Å². The van der Waals surface area contributed by atoms with Crippen molar-refractivity contribution in [1.29, 1.82) is 0 Å². The molecule has 0 fully saturated rings. The third kappa shape index (κ3) is 3.96. The van der Waals surface area contributed by atoms with E-state index in [4.69, 9.17) is 5.73 Å². The second kappa shape index (κ2) is 6.21. The van der Waals surface area contributed by atoms with Crippen LogP contribution < -0.4 is 0 Å². The molecule has 0 spiro atoms. The summed E-state index contributed by atoms with van der Waals surface area (Å²) >= 11 is 0. The average molecular weight is 250 g/mol. The van der Waals surface area contributed by atoms with Crippen LogP contribution in [0.5, 0.6) is 0 Å². The van der Waals surface area contributed by atoms with Crippen molar-refractivity contribution in [2.45, 2.75) is 13.8 Å². The van der Waals surface area contributed by atoms with E-state index in [-0.39, 0.29) is 58.3 Å². The third-order valence-electron chi connectivity index (χ3n) is 1.29. The van der Waals surface area contributed by atoms with Crippen molar-refractivity contribution in [2.24, 2.45) is 0 Å². The topological polar surface area (TPSA) is 66.7 Å². The first kappa shape index (κ1) is 15.2. The molecule has 1 aromatic rings. The van der Waals surface area contributed by atoms with Crippen LogP contribution in [0, 0.1) is 6.92 Å². The zero-order valence-corrected chi connectivity index (χ0v) is 10.4. The molecule has 0 aliphatic carbocycles. The summed E-state index contributed by atoms with van der Waals surface area (Å²) in [5.41, 5.74) is 7.54. The van der Waals surface area contributed by atoms with E-state index >= 15 is 0 Å². The van der Waals surface area contributed by atoms with Gasteiger partial charge in [-0.15, -0.1) is 0 Å². The first-order valence-electron chi connectivity index (χ1n) is 3.17. The van der Waals surface area contributed by atoms with Gasteiger partial charge in [-0.25, -0.2) is 0 Å². The largest absolute Gasteiger partial charge is 0.481 e. The van der Waals surface area contributed by atoms with Crippen molar-refractivity contribution in [3.63, 3.8) is 0 Å². The predicted octanol–water partition coefficient (Wildman–Crippen LogP) is 1.29. The number of hydrogen-bond acceptors (Lipinski definition) is 3. The Bertz CT molecular complexity index is 306. The van der Waals surface area contributed by atoms with Crippen molar-refractivity contribution >= 4 is 20.0 Å².